The fourth-order valence-corrected chi connectivity index (χ4v) is 1.29. The van der Waals surface area contributed by atoms with Crippen LogP contribution < -0.4 is 15.2 Å². The molecular formula is C12H13N3O2. The second-order valence-electron chi connectivity index (χ2n) is 3.43. The quantitative estimate of drug-likeness (QED) is 0.866. The van der Waals surface area contributed by atoms with Crippen molar-refractivity contribution in [1.82, 2.24) is 10.2 Å². The molecule has 0 radical (unpaired) electrons. The van der Waals surface area contributed by atoms with E-state index in [1.165, 1.54) is 0 Å². The van der Waals surface area contributed by atoms with Crippen LogP contribution in [0.4, 0.5) is 5.82 Å². The smallest absolute Gasteiger partial charge is 0.233 e. The molecule has 0 aliphatic rings. The van der Waals surface area contributed by atoms with Crippen LogP contribution in [0.5, 0.6) is 11.6 Å². The predicted molar refractivity (Wildman–Crippen MR) is 63.8 cm³/mol. The van der Waals surface area contributed by atoms with Crippen molar-refractivity contribution in [2.75, 3.05) is 12.8 Å². The summed E-state index contributed by atoms with van der Waals surface area (Å²) in [5, 5.41) is 7.51. The highest BCUT2D eigenvalue weighted by molar-refractivity contribution is 5.28. The Labute approximate surface area is 99.2 Å². The molecule has 0 saturated carbocycles. The van der Waals surface area contributed by atoms with Gasteiger partial charge in [0.2, 0.25) is 5.88 Å². The zero-order valence-corrected chi connectivity index (χ0v) is 9.46. The van der Waals surface area contributed by atoms with Gasteiger partial charge in [-0.3, -0.25) is 0 Å². The van der Waals surface area contributed by atoms with Crippen LogP contribution in [0.3, 0.4) is 0 Å². The summed E-state index contributed by atoms with van der Waals surface area (Å²) in [6, 6.07) is 11.0. The van der Waals surface area contributed by atoms with Gasteiger partial charge in [-0.05, 0) is 23.8 Å². The summed E-state index contributed by atoms with van der Waals surface area (Å²) in [6.07, 6.45) is 0. The first-order valence-corrected chi connectivity index (χ1v) is 5.13. The van der Waals surface area contributed by atoms with E-state index in [1.807, 2.05) is 24.3 Å². The van der Waals surface area contributed by atoms with Crippen LogP contribution in [-0.2, 0) is 6.61 Å². The molecule has 0 bridgehead atoms. The van der Waals surface area contributed by atoms with E-state index in [1.54, 1.807) is 19.2 Å². The van der Waals surface area contributed by atoms with Crippen LogP contribution in [0, 0.1) is 0 Å². The average Bonchev–Trinajstić information content (AvgIpc) is 2.39. The molecule has 2 aromatic rings. The van der Waals surface area contributed by atoms with E-state index in [0.717, 1.165) is 11.3 Å². The number of methoxy groups -OCH3 is 1. The number of aromatic nitrogens is 2. The van der Waals surface area contributed by atoms with Crippen LogP contribution in [0.25, 0.3) is 0 Å². The van der Waals surface area contributed by atoms with Gasteiger partial charge in [-0.15, -0.1) is 10.2 Å². The van der Waals surface area contributed by atoms with Gasteiger partial charge in [0.05, 0.1) is 7.11 Å². The number of anilines is 1. The van der Waals surface area contributed by atoms with E-state index in [-0.39, 0.29) is 0 Å². The van der Waals surface area contributed by atoms with Gasteiger partial charge in [-0.1, -0.05) is 12.1 Å². The van der Waals surface area contributed by atoms with E-state index in [0.29, 0.717) is 18.3 Å². The lowest BCUT2D eigenvalue weighted by atomic mass is 10.2. The molecule has 88 valence electrons. The Morgan fingerprint density at radius 1 is 1.06 bits per heavy atom. The first-order valence-electron chi connectivity index (χ1n) is 5.13. The van der Waals surface area contributed by atoms with Gasteiger partial charge in [-0.25, -0.2) is 0 Å². The summed E-state index contributed by atoms with van der Waals surface area (Å²) in [6.45, 7) is 0.433. The molecule has 0 amide bonds. The predicted octanol–water partition coefficient (Wildman–Crippen LogP) is 1.65. The molecule has 1 aromatic heterocycles. The van der Waals surface area contributed by atoms with E-state index in [2.05, 4.69) is 10.2 Å². The third kappa shape index (κ3) is 3.07. The minimum absolute atomic E-state index is 0.377. The van der Waals surface area contributed by atoms with Crippen LogP contribution in [0.15, 0.2) is 36.4 Å². The molecule has 0 aliphatic heterocycles. The van der Waals surface area contributed by atoms with E-state index >= 15 is 0 Å². The summed E-state index contributed by atoms with van der Waals surface area (Å²) in [5.41, 5.74) is 6.45. The van der Waals surface area contributed by atoms with Gasteiger partial charge in [0.1, 0.15) is 18.2 Å². The standard InChI is InChI=1S/C12H13N3O2/c1-16-10-4-2-9(3-5-10)8-17-12-7-6-11(13)14-15-12/h2-7H,8H2,1H3,(H2,13,14). The van der Waals surface area contributed by atoms with E-state index in [9.17, 15) is 0 Å². The van der Waals surface area contributed by atoms with Crippen molar-refractivity contribution >= 4 is 5.82 Å². The minimum atomic E-state index is 0.377. The number of hydrogen-bond acceptors (Lipinski definition) is 5. The highest BCUT2D eigenvalue weighted by Gasteiger charge is 1.98. The Morgan fingerprint density at radius 3 is 2.41 bits per heavy atom. The summed E-state index contributed by atoms with van der Waals surface area (Å²) < 4.78 is 10.5. The molecule has 5 heteroatoms. The van der Waals surface area contributed by atoms with Gasteiger partial charge in [0, 0.05) is 6.07 Å². The van der Waals surface area contributed by atoms with Crippen LogP contribution in [0.2, 0.25) is 0 Å². The number of nitrogens with zero attached hydrogens (tertiary/aromatic N) is 2. The second-order valence-corrected chi connectivity index (χ2v) is 3.43. The summed E-state index contributed by atoms with van der Waals surface area (Å²) in [4.78, 5) is 0. The Bertz CT molecular complexity index is 468. The molecule has 5 nitrogen and oxygen atoms in total. The Balaban J connectivity index is 1.95. The minimum Gasteiger partial charge on any atom is -0.497 e. The summed E-state index contributed by atoms with van der Waals surface area (Å²) in [5.74, 6) is 1.65. The molecular weight excluding hydrogens is 218 g/mol. The molecule has 0 aliphatic carbocycles. The van der Waals surface area contributed by atoms with E-state index < -0.39 is 0 Å². The molecule has 2 N–H and O–H groups in total. The van der Waals surface area contributed by atoms with Gasteiger partial charge < -0.3 is 15.2 Å². The van der Waals surface area contributed by atoms with Crippen LogP contribution in [0.1, 0.15) is 5.56 Å². The van der Waals surface area contributed by atoms with Gasteiger partial charge in [0.25, 0.3) is 0 Å². The maximum absolute atomic E-state index is 5.45. The number of nitrogen functional groups attached to an aromatic ring is 1. The van der Waals surface area contributed by atoms with Gasteiger partial charge >= 0.3 is 0 Å². The average molecular weight is 231 g/mol. The number of rotatable bonds is 4. The lowest BCUT2D eigenvalue weighted by Crippen LogP contribution is -1.99. The monoisotopic (exact) mass is 231 g/mol. The lowest BCUT2D eigenvalue weighted by Gasteiger charge is -2.05. The molecule has 0 unspecified atom stereocenters. The fourth-order valence-electron chi connectivity index (χ4n) is 1.29. The molecule has 2 rings (SSSR count). The Kier molecular flexibility index (Phi) is 3.40. The van der Waals surface area contributed by atoms with Crippen molar-refractivity contribution < 1.29 is 9.47 Å². The highest BCUT2D eigenvalue weighted by atomic mass is 16.5. The first kappa shape index (κ1) is 11.2. The van der Waals surface area contributed by atoms with Crippen molar-refractivity contribution in [1.29, 1.82) is 0 Å². The fraction of sp³-hybridized carbons (Fsp3) is 0.167. The Hall–Kier alpha value is -2.30. The van der Waals surface area contributed by atoms with Crippen molar-refractivity contribution in [2.24, 2.45) is 0 Å². The maximum Gasteiger partial charge on any atom is 0.233 e. The van der Waals surface area contributed by atoms with E-state index in [4.69, 9.17) is 15.2 Å². The zero-order chi connectivity index (χ0) is 12.1. The zero-order valence-electron chi connectivity index (χ0n) is 9.46. The first-order chi connectivity index (χ1) is 8.28. The Morgan fingerprint density at radius 2 is 1.82 bits per heavy atom. The molecule has 0 saturated heterocycles. The third-order valence-electron chi connectivity index (χ3n) is 2.21. The molecule has 1 aromatic carbocycles. The van der Waals surface area contributed by atoms with Crippen molar-refractivity contribution in [3.63, 3.8) is 0 Å². The number of benzene rings is 1. The molecule has 0 fully saturated rings. The molecule has 0 spiro atoms. The van der Waals surface area contributed by atoms with Crippen molar-refractivity contribution in [2.45, 2.75) is 6.61 Å². The lowest BCUT2D eigenvalue weighted by molar-refractivity contribution is 0.290. The van der Waals surface area contributed by atoms with Crippen molar-refractivity contribution in [3.05, 3.63) is 42.0 Å². The molecule has 17 heavy (non-hydrogen) atoms. The summed E-state index contributed by atoms with van der Waals surface area (Å²) in [7, 11) is 1.63. The third-order valence-corrected chi connectivity index (χ3v) is 2.21. The van der Waals surface area contributed by atoms with Crippen molar-refractivity contribution in [3.8, 4) is 11.6 Å². The second kappa shape index (κ2) is 5.16. The topological polar surface area (TPSA) is 70.3 Å². The molecule has 0 atom stereocenters. The normalized spacial score (nSPS) is 9.94. The number of nitrogens with two attached hydrogens (primary N) is 1. The largest absolute Gasteiger partial charge is 0.497 e. The highest BCUT2D eigenvalue weighted by Crippen LogP contribution is 2.13. The maximum atomic E-state index is 5.45. The molecule has 1 heterocycles. The number of hydrogen-bond donors (Lipinski definition) is 1. The van der Waals surface area contributed by atoms with Crippen LogP contribution >= 0.6 is 0 Å². The van der Waals surface area contributed by atoms with Gasteiger partial charge in [0.15, 0.2) is 0 Å². The van der Waals surface area contributed by atoms with Gasteiger partial charge in [-0.2, -0.15) is 0 Å². The van der Waals surface area contributed by atoms with Crippen LogP contribution in [-0.4, -0.2) is 17.3 Å². The number of ether oxygens (including phenoxy) is 2. The summed E-state index contributed by atoms with van der Waals surface area (Å²) >= 11 is 0. The SMILES string of the molecule is COc1ccc(COc2ccc(N)nn2)cc1.